The van der Waals surface area contributed by atoms with Crippen LogP contribution in [0.2, 0.25) is 0 Å². The van der Waals surface area contributed by atoms with E-state index in [-0.39, 0.29) is 0 Å². The number of rotatable bonds is 0. The van der Waals surface area contributed by atoms with Gasteiger partial charge in [0.05, 0.1) is 5.70 Å². The first kappa shape index (κ1) is 8.32. The second-order valence-electron chi connectivity index (χ2n) is 3.30. The van der Waals surface area contributed by atoms with Crippen molar-refractivity contribution in [3.8, 4) is 5.75 Å². The van der Waals surface area contributed by atoms with Crippen LogP contribution in [0.4, 0.5) is 0 Å². The van der Waals surface area contributed by atoms with Gasteiger partial charge in [-0.2, -0.15) is 0 Å². The van der Waals surface area contributed by atoms with Crippen LogP contribution in [-0.2, 0) is 4.84 Å². The Balaban J connectivity index is 2.18. The van der Waals surface area contributed by atoms with Gasteiger partial charge in [0, 0.05) is 15.6 Å². The summed E-state index contributed by atoms with van der Waals surface area (Å²) >= 11 is 3.44. The zero-order chi connectivity index (χ0) is 9.54. The Morgan fingerprint density at radius 3 is 3.14 bits per heavy atom. The van der Waals surface area contributed by atoms with Gasteiger partial charge in [0.25, 0.3) is 0 Å². The second-order valence-corrected chi connectivity index (χ2v) is 4.21. The average molecular weight is 254 g/mol. The van der Waals surface area contributed by atoms with E-state index in [2.05, 4.69) is 21.4 Å². The van der Waals surface area contributed by atoms with Crippen LogP contribution in [0.15, 0.2) is 28.2 Å². The molecule has 2 aliphatic heterocycles. The summed E-state index contributed by atoms with van der Waals surface area (Å²) in [5.41, 5.74) is 6.23. The maximum absolute atomic E-state index is 5.59. The molecule has 0 aromatic heterocycles. The first-order valence-corrected chi connectivity index (χ1v) is 5.16. The van der Waals surface area contributed by atoms with Gasteiger partial charge in [-0.25, -0.2) is 0 Å². The SMILES string of the molecule is Brc1ccc2c(c1)C1=C(CON1)CO2. The Morgan fingerprint density at radius 1 is 1.29 bits per heavy atom. The second kappa shape index (κ2) is 3.00. The van der Waals surface area contributed by atoms with E-state index < -0.39 is 0 Å². The van der Waals surface area contributed by atoms with Gasteiger partial charge in [-0.3, -0.25) is 10.3 Å². The predicted molar refractivity (Wildman–Crippen MR) is 55.6 cm³/mol. The molecule has 1 aromatic carbocycles. The molecule has 72 valence electrons. The molecule has 0 bridgehead atoms. The normalized spacial score (nSPS) is 18.4. The first-order valence-electron chi connectivity index (χ1n) is 4.37. The highest BCUT2D eigenvalue weighted by atomic mass is 79.9. The molecule has 3 nitrogen and oxygen atoms in total. The lowest BCUT2D eigenvalue weighted by molar-refractivity contribution is 0.116. The van der Waals surface area contributed by atoms with Crippen LogP contribution >= 0.6 is 15.9 Å². The van der Waals surface area contributed by atoms with Gasteiger partial charge in [-0.05, 0) is 18.2 Å². The van der Waals surface area contributed by atoms with Crippen LogP contribution in [0, 0.1) is 0 Å². The fourth-order valence-corrected chi connectivity index (χ4v) is 2.05. The van der Waals surface area contributed by atoms with Gasteiger partial charge in [0.2, 0.25) is 0 Å². The number of hydrogen-bond acceptors (Lipinski definition) is 3. The van der Waals surface area contributed by atoms with E-state index in [1.807, 2.05) is 18.2 Å². The Bertz CT molecular complexity index is 428. The lowest BCUT2D eigenvalue weighted by Crippen LogP contribution is -2.12. The summed E-state index contributed by atoms with van der Waals surface area (Å²) in [5.74, 6) is 0.907. The minimum atomic E-state index is 0.612. The summed E-state index contributed by atoms with van der Waals surface area (Å²) in [6.45, 7) is 1.23. The van der Waals surface area contributed by atoms with Crippen molar-refractivity contribution < 1.29 is 9.57 Å². The summed E-state index contributed by atoms with van der Waals surface area (Å²) in [6, 6.07) is 5.97. The molecule has 0 atom stereocenters. The Kier molecular flexibility index (Phi) is 1.78. The molecule has 0 aliphatic carbocycles. The number of hydrogen-bond donors (Lipinski definition) is 1. The average Bonchev–Trinajstić information content (AvgIpc) is 2.65. The highest BCUT2D eigenvalue weighted by Crippen LogP contribution is 2.35. The fraction of sp³-hybridized carbons (Fsp3) is 0.200. The molecular formula is C10H8BrNO2. The summed E-state index contributed by atoms with van der Waals surface area (Å²) in [4.78, 5) is 5.17. The molecule has 1 N–H and O–H groups in total. The Morgan fingerprint density at radius 2 is 2.21 bits per heavy atom. The van der Waals surface area contributed by atoms with Crippen molar-refractivity contribution in [1.82, 2.24) is 5.48 Å². The standard InChI is InChI=1S/C10H8BrNO2/c11-7-1-2-9-8(3-7)10-6(4-13-9)5-14-12-10/h1-3,12H,4-5H2. The van der Waals surface area contributed by atoms with Gasteiger partial charge in [0.1, 0.15) is 19.0 Å². The molecular weight excluding hydrogens is 246 g/mol. The van der Waals surface area contributed by atoms with Crippen molar-refractivity contribution in [3.63, 3.8) is 0 Å². The Labute approximate surface area is 89.8 Å². The van der Waals surface area contributed by atoms with Crippen molar-refractivity contribution in [3.05, 3.63) is 33.8 Å². The van der Waals surface area contributed by atoms with Gasteiger partial charge in [0.15, 0.2) is 0 Å². The van der Waals surface area contributed by atoms with Crippen molar-refractivity contribution >= 4 is 21.6 Å². The molecule has 4 heteroatoms. The molecule has 0 amide bonds. The molecule has 0 fully saturated rings. The van der Waals surface area contributed by atoms with Crippen molar-refractivity contribution in [2.75, 3.05) is 13.2 Å². The maximum Gasteiger partial charge on any atom is 0.129 e. The van der Waals surface area contributed by atoms with E-state index >= 15 is 0 Å². The quantitative estimate of drug-likeness (QED) is 0.768. The smallest absolute Gasteiger partial charge is 0.129 e. The molecule has 2 heterocycles. The highest BCUT2D eigenvalue weighted by molar-refractivity contribution is 9.10. The lowest BCUT2D eigenvalue weighted by atomic mass is 10.1. The maximum atomic E-state index is 5.59. The monoisotopic (exact) mass is 253 g/mol. The van der Waals surface area contributed by atoms with E-state index in [1.54, 1.807) is 0 Å². The van der Waals surface area contributed by atoms with Gasteiger partial charge < -0.3 is 4.74 Å². The fourth-order valence-electron chi connectivity index (χ4n) is 1.69. The van der Waals surface area contributed by atoms with Gasteiger partial charge in [-0.1, -0.05) is 15.9 Å². The van der Waals surface area contributed by atoms with Gasteiger partial charge >= 0.3 is 0 Å². The van der Waals surface area contributed by atoms with E-state index in [4.69, 9.17) is 9.57 Å². The molecule has 0 saturated heterocycles. The van der Waals surface area contributed by atoms with Gasteiger partial charge in [-0.15, -0.1) is 0 Å². The van der Waals surface area contributed by atoms with E-state index in [0.29, 0.717) is 13.2 Å². The van der Waals surface area contributed by atoms with E-state index in [9.17, 15) is 0 Å². The van der Waals surface area contributed by atoms with Crippen LogP contribution < -0.4 is 10.2 Å². The molecule has 1 aromatic rings. The molecule has 0 unspecified atom stereocenters. The van der Waals surface area contributed by atoms with Crippen LogP contribution in [0.5, 0.6) is 5.75 Å². The number of halogens is 1. The molecule has 2 aliphatic rings. The molecule has 14 heavy (non-hydrogen) atoms. The zero-order valence-corrected chi connectivity index (χ0v) is 8.93. The molecule has 0 spiro atoms. The van der Waals surface area contributed by atoms with Crippen LogP contribution in [0.1, 0.15) is 5.56 Å². The minimum absolute atomic E-state index is 0.612. The van der Waals surface area contributed by atoms with E-state index in [1.165, 1.54) is 5.57 Å². The predicted octanol–water partition coefficient (Wildman–Crippen LogP) is 2.09. The summed E-state index contributed by atoms with van der Waals surface area (Å²) < 4.78 is 6.64. The number of fused-ring (bicyclic) bond motifs is 2. The van der Waals surface area contributed by atoms with Crippen molar-refractivity contribution in [2.45, 2.75) is 0 Å². The van der Waals surface area contributed by atoms with Crippen molar-refractivity contribution in [1.29, 1.82) is 0 Å². The minimum Gasteiger partial charge on any atom is -0.488 e. The van der Waals surface area contributed by atoms with Crippen LogP contribution in [0.25, 0.3) is 5.70 Å². The zero-order valence-electron chi connectivity index (χ0n) is 7.34. The van der Waals surface area contributed by atoms with Crippen LogP contribution in [-0.4, -0.2) is 13.2 Å². The largest absolute Gasteiger partial charge is 0.488 e. The third-order valence-corrected chi connectivity index (χ3v) is 2.88. The number of nitrogens with one attached hydrogen (secondary N) is 1. The summed E-state index contributed by atoms with van der Waals surface area (Å²) in [5, 5.41) is 0. The third kappa shape index (κ3) is 1.14. The highest BCUT2D eigenvalue weighted by Gasteiger charge is 2.24. The molecule has 0 saturated carbocycles. The first-order chi connectivity index (χ1) is 6.84. The van der Waals surface area contributed by atoms with Crippen LogP contribution in [0.3, 0.4) is 0 Å². The van der Waals surface area contributed by atoms with E-state index in [0.717, 1.165) is 21.5 Å². The Hall–Kier alpha value is -1.00. The summed E-state index contributed by atoms with van der Waals surface area (Å²) in [7, 11) is 0. The number of ether oxygens (including phenoxy) is 1. The molecule has 3 rings (SSSR count). The van der Waals surface area contributed by atoms with Crippen molar-refractivity contribution in [2.24, 2.45) is 0 Å². The number of benzene rings is 1. The number of hydroxylamine groups is 1. The topological polar surface area (TPSA) is 30.5 Å². The molecule has 0 radical (unpaired) electrons. The summed E-state index contributed by atoms with van der Waals surface area (Å²) in [6.07, 6.45) is 0. The lowest BCUT2D eigenvalue weighted by Gasteiger charge is -2.18. The third-order valence-electron chi connectivity index (χ3n) is 2.39.